The highest BCUT2D eigenvalue weighted by molar-refractivity contribution is 5.81. The van der Waals surface area contributed by atoms with E-state index in [0.29, 0.717) is 5.56 Å². The van der Waals surface area contributed by atoms with Crippen LogP contribution in [0.1, 0.15) is 5.56 Å². The summed E-state index contributed by atoms with van der Waals surface area (Å²) >= 11 is 0. The van der Waals surface area contributed by atoms with Gasteiger partial charge in [0, 0.05) is 17.1 Å². The lowest BCUT2D eigenvalue weighted by atomic mass is 10.1. The van der Waals surface area contributed by atoms with Gasteiger partial charge in [-0.1, -0.05) is 18.2 Å². The molecule has 0 aliphatic rings. The number of benzene rings is 1. The van der Waals surface area contributed by atoms with Crippen molar-refractivity contribution in [3.8, 4) is 0 Å². The fourth-order valence-electron chi connectivity index (χ4n) is 1.33. The molecule has 0 bridgehead atoms. The van der Waals surface area contributed by atoms with Crippen molar-refractivity contribution in [3.05, 3.63) is 55.1 Å². The number of rotatable bonds is 1. The fraction of sp³-hybridized carbons (Fsp3) is 0. The van der Waals surface area contributed by atoms with Crippen LogP contribution in [0.3, 0.4) is 0 Å². The van der Waals surface area contributed by atoms with E-state index in [9.17, 15) is 4.39 Å². The highest BCUT2D eigenvalue weighted by Crippen LogP contribution is 2.20. The van der Waals surface area contributed by atoms with Crippen molar-refractivity contribution >= 4 is 16.7 Å². The van der Waals surface area contributed by atoms with Gasteiger partial charge < -0.3 is 0 Å². The van der Waals surface area contributed by atoms with Crippen LogP contribution in [0.2, 0.25) is 0 Å². The molecule has 0 aliphatic heterocycles. The van der Waals surface area contributed by atoms with E-state index in [-0.39, 0.29) is 5.83 Å². The van der Waals surface area contributed by atoms with E-state index in [1.54, 1.807) is 18.3 Å². The van der Waals surface area contributed by atoms with Gasteiger partial charge in [0.25, 0.3) is 0 Å². The van der Waals surface area contributed by atoms with E-state index >= 15 is 0 Å². The Kier molecular flexibility index (Phi) is 2.27. The molecule has 0 N–H and O–H groups in total. The highest BCUT2D eigenvalue weighted by Gasteiger charge is 2.00. The molecule has 1 aromatic carbocycles. The topological polar surface area (TPSA) is 12.9 Å². The lowest BCUT2D eigenvalue weighted by Crippen LogP contribution is -1.81. The summed E-state index contributed by atoms with van der Waals surface area (Å²) in [6, 6.07) is 9.08. The monoisotopic (exact) mass is 186 g/mol. The van der Waals surface area contributed by atoms with Crippen LogP contribution >= 0.6 is 0 Å². The minimum atomic E-state index is -0.322. The van der Waals surface area contributed by atoms with Crippen molar-refractivity contribution in [2.24, 2.45) is 0 Å². The Labute approximate surface area is 81.9 Å². The first kappa shape index (κ1) is 8.88. The van der Waals surface area contributed by atoms with Crippen LogP contribution in [0, 0.1) is 6.92 Å². The van der Waals surface area contributed by atoms with E-state index < -0.39 is 0 Å². The van der Waals surface area contributed by atoms with E-state index in [1.165, 1.54) is 6.08 Å². The molecule has 2 heteroatoms. The number of pyridine rings is 1. The second-order valence-electron chi connectivity index (χ2n) is 2.96. The zero-order valence-electron chi connectivity index (χ0n) is 7.57. The second-order valence-corrected chi connectivity index (χ2v) is 2.96. The number of hydrogen-bond donors (Lipinski definition) is 0. The molecule has 2 aromatic rings. The summed E-state index contributed by atoms with van der Waals surface area (Å²) < 4.78 is 13.2. The van der Waals surface area contributed by atoms with Gasteiger partial charge in [0.1, 0.15) is 5.83 Å². The van der Waals surface area contributed by atoms with Crippen LogP contribution in [-0.2, 0) is 0 Å². The van der Waals surface area contributed by atoms with Crippen molar-refractivity contribution in [1.82, 2.24) is 4.98 Å². The van der Waals surface area contributed by atoms with Gasteiger partial charge >= 0.3 is 0 Å². The smallest absolute Gasteiger partial charge is 0.126 e. The predicted molar refractivity (Wildman–Crippen MR) is 56.2 cm³/mol. The minimum Gasteiger partial charge on any atom is -0.256 e. The maximum atomic E-state index is 13.2. The highest BCUT2D eigenvalue weighted by atomic mass is 19.1. The fourth-order valence-corrected chi connectivity index (χ4v) is 1.33. The Morgan fingerprint density at radius 3 is 3.00 bits per heavy atom. The first-order chi connectivity index (χ1) is 6.81. The molecule has 0 atom stereocenters. The second kappa shape index (κ2) is 3.58. The largest absolute Gasteiger partial charge is 0.256 e. The third-order valence-electron chi connectivity index (χ3n) is 2.06. The molecule has 0 spiro atoms. The Morgan fingerprint density at radius 2 is 2.21 bits per heavy atom. The molecule has 2 rings (SSSR count). The maximum absolute atomic E-state index is 13.2. The molecule has 0 saturated carbocycles. The first-order valence-electron chi connectivity index (χ1n) is 4.31. The van der Waals surface area contributed by atoms with Gasteiger partial charge in [-0.05, 0) is 25.1 Å². The molecular weight excluding hydrogens is 177 g/mol. The maximum Gasteiger partial charge on any atom is 0.126 e. The molecule has 14 heavy (non-hydrogen) atoms. The average Bonchev–Trinajstić information content (AvgIpc) is 2.27. The van der Waals surface area contributed by atoms with Gasteiger partial charge in [-0.15, -0.1) is 0 Å². The lowest BCUT2D eigenvalue weighted by Gasteiger charge is -1.99. The molecule has 69 valence electrons. The van der Waals surface area contributed by atoms with E-state index in [0.717, 1.165) is 10.9 Å². The van der Waals surface area contributed by atoms with Crippen LogP contribution in [-0.4, -0.2) is 4.98 Å². The third kappa shape index (κ3) is 1.51. The Hall–Kier alpha value is -1.70. The van der Waals surface area contributed by atoms with E-state index in [1.807, 2.05) is 18.2 Å². The van der Waals surface area contributed by atoms with Crippen LogP contribution in [0.25, 0.3) is 16.7 Å². The van der Waals surface area contributed by atoms with Crippen LogP contribution < -0.4 is 0 Å². The minimum absolute atomic E-state index is 0.322. The molecule has 0 aliphatic carbocycles. The molecule has 0 amide bonds. The van der Waals surface area contributed by atoms with Gasteiger partial charge in [-0.25, -0.2) is 4.39 Å². The lowest BCUT2D eigenvalue weighted by molar-refractivity contribution is 0.760. The van der Waals surface area contributed by atoms with Crippen molar-refractivity contribution in [2.45, 2.75) is 0 Å². The van der Waals surface area contributed by atoms with Gasteiger partial charge in [0.05, 0.1) is 5.52 Å². The van der Waals surface area contributed by atoms with Crippen molar-refractivity contribution < 1.29 is 4.39 Å². The van der Waals surface area contributed by atoms with Gasteiger partial charge in [-0.2, -0.15) is 0 Å². The zero-order chi connectivity index (χ0) is 9.97. The first-order valence-corrected chi connectivity index (χ1v) is 4.31. The van der Waals surface area contributed by atoms with Crippen LogP contribution in [0.4, 0.5) is 4.39 Å². The number of aromatic nitrogens is 1. The summed E-state index contributed by atoms with van der Waals surface area (Å²) in [7, 11) is 0. The van der Waals surface area contributed by atoms with E-state index in [2.05, 4.69) is 11.9 Å². The normalized spacial score (nSPS) is 12.0. The van der Waals surface area contributed by atoms with Crippen molar-refractivity contribution in [2.75, 3.05) is 0 Å². The molecule has 1 heterocycles. The Bertz CT molecular complexity index is 488. The summed E-state index contributed by atoms with van der Waals surface area (Å²) in [5.74, 6) is -0.322. The average molecular weight is 186 g/mol. The van der Waals surface area contributed by atoms with E-state index in [4.69, 9.17) is 0 Å². The quantitative estimate of drug-likeness (QED) is 0.665. The Morgan fingerprint density at radius 1 is 1.36 bits per heavy atom. The molecule has 0 fully saturated rings. The summed E-state index contributed by atoms with van der Waals surface area (Å²) in [6.45, 7) is 3.38. The van der Waals surface area contributed by atoms with Gasteiger partial charge in [-0.3, -0.25) is 4.98 Å². The summed E-state index contributed by atoms with van der Waals surface area (Å²) in [5, 5.41) is 1.01. The number of allylic oxidation sites excluding steroid dienone is 1. The predicted octanol–water partition coefficient (Wildman–Crippen LogP) is 3.38. The number of hydrogen-bond acceptors (Lipinski definition) is 1. The van der Waals surface area contributed by atoms with Crippen molar-refractivity contribution in [1.29, 1.82) is 0 Å². The SMILES string of the molecule is [CH2]/C=C(/F)c1ccc2cccnc2c1. The summed E-state index contributed by atoms with van der Waals surface area (Å²) in [6.07, 6.45) is 2.89. The Balaban J connectivity index is 2.62. The number of halogens is 1. The molecule has 0 saturated heterocycles. The molecular formula is C12H9FN. The number of nitrogens with zero attached hydrogens (tertiary/aromatic N) is 1. The molecule has 1 nitrogen and oxygen atoms in total. The molecule has 1 radical (unpaired) electrons. The zero-order valence-corrected chi connectivity index (χ0v) is 7.57. The van der Waals surface area contributed by atoms with Crippen molar-refractivity contribution in [3.63, 3.8) is 0 Å². The molecule has 1 aromatic heterocycles. The standard InChI is InChI=1S/C12H9FN/c1-2-11(13)10-6-5-9-4-3-7-14-12(9)8-10/h2-8H,1H2/b11-2+. The molecule has 0 unspecified atom stereocenters. The summed E-state index contributed by atoms with van der Waals surface area (Å²) in [4.78, 5) is 4.14. The van der Waals surface area contributed by atoms with Crippen LogP contribution in [0.15, 0.2) is 42.6 Å². The van der Waals surface area contributed by atoms with Gasteiger partial charge in [0.2, 0.25) is 0 Å². The number of fused-ring (bicyclic) bond motifs is 1. The summed E-state index contributed by atoms with van der Waals surface area (Å²) in [5.41, 5.74) is 1.31. The van der Waals surface area contributed by atoms with Gasteiger partial charge in [0.15, 0.2) is 0 Å². The van der Waals surface area contributed by atoms with Crippen LogP contribution in [0.5, 0.6) is 0 Å². The third-order valence-corrected chi connectivity index (χ3v) is 2.06.